The van der Waals surface area contributed by atoms with Crippen molar-refractivity contribution < 1.29 is 14.7 Å². The highest BCUT2D eigenvalue weighted by atomic mass is 32.1. The van der Waals surface area contributed by atoms with Crippen LogP contribution in [-0.2, 0) is 11.8 Å². The van der Waals surface area contributed by atoms with Gasteiger partial charge in [0.15, 0.2) is 0 Å². The zero-order chi connectivity index (χ0) is 15.4. The fourth-order valence-electron chi connectivity index (χ4n) is 1.96. The van der Waals surface area contributed by atoms with Gasteiger partial charge in [-0.05, 0) is 19.4 Å². The Morgan fingerprint density at radius 2 is 2.24 bits per heavy atom. The first kappa shape index (κ1) is 15.2. The van der Waals surface area contributed by atoms with Crippen LogP contribution in [0.15, 0.2) is 17.6 Å². The Hall–Kier alpha value is -2.15. The van der Waals surface area contributed by atoms with Gasteiger partial charge in [0.1, 0.15) is 5.69 Å². The number of hydrogen-bond acceptors (Lipinski definition) is 4. The fourth-order valence-corrected chi connectivity index (χ4v) is 2.58. The van der Waals surface area contributed by atoms with Gasteiger partial charge in [0, 0.05) is 37.2 Å². The van der Waals surface area contributed by atoms with Gasteiger partial charge in [-0.2, -0.15) is 0 Å². The summed E-state index contributed by atoms with van der Waals surface area (Å²) in [4.78, 5) is 26.9. The molecule has 2 rings (SSSR count). The highest BCUT2D eigenvalue weighted by Gasteiger charge is 2.13. The molecule has 0 aliphatic carbocycles. The molecule has 0 radical (unpaired) electrons. The first-order valence-corrected chi connectivity index (χ1v) is 7.44. The number of thiazole rings is 1. The molecule has 7 heteroatoms. The predicted octanol–water partition coefficient (Wildman–Crippen LogP) is 2.05. The van der Waals surface area contributed by atoms with Gasteiger partial charge >= 0.3 is 5.97 Å². The van der Waals surface area contributed by atoms with Gasteiger partial charge in [0.2, 0.25) is 0 Å². The molecular formula is C14H17N3O3S. The molecular weight excluding hydrogens is 290 g/mol. The minimum absolute atomic E-state index is 0.0523. The van der Waals surface area contributed by atoms with E-state index in [-0.39, 0.29) is 12.3 Å². The van der Waals surface area contributed by atoms with Crippen molar-refractivity contribution in [1.29, 1.82) is 0 Å². The third-order valence-corrected chi connectivity index (χ3v) is 3.78. The number of aromatic nitrogens is 2. The van der Waals surface area contributed by atoms with E-state index >= 15 is 0 Å². The molecule has 21 heavy (non-hydrogen) atoms. The molecule has 2 heterocycles. The first-order chi connectivity index (χ1) is 9.97. The monoisotopic (exact) mass is 307 g/mol. The van der Waals surface area contributed by atoms with Crippen LogP contribution in [0.4, 0.5) is 0 Å². The Balaban J connectivity index is 2.01. The summed E-state index contributed by atoms with van der Waals surface area (Å²) in [5, 5.41) is 14.2. The number of nitrogens with zero attached hydrogens (tertiary/aromatic N) is 2. The summed E-state index contributed by atoms with van der Waals surface area (Å²) >= 11 is 1.57. The lowest BCUT2D eigenvalue weighted by Crippen LogP contribution is -2.26. The van der Waals surface area contributed by atoms with Crippen molar-refractivity contribution in [2.75, 3.05) is 6.54 Å². The Bertz CT molecular complexity index is 660. The number of amides is 1. The zero-order valence-electron chi connectivity index (χ0n) is 11.9. The van der Waals surface area contributed by atoms with Gasteiger partial charge < -0.3 is 15.0 Å². The van der Waals surface area contributed by atoms with Gasteiger partial charge in [0.25, 0.3) is 5.91 Å². The Morgan fingerprint density at radius 1 is 1.48 bits per heavy atom. The molecule has 2 aromatic rings. The van der Waals surface area contributed by atoms with Crippen LogP contribution in [0.1, 0.15) is 28.3 Å². The van der Waals surface area contributed by atoms with Crippen molar-refractivity contribution in [2.45, 2.75) is 19.8 Å². The normalized spacial score (nSPS) is 10.6. The molecule has 0 aliphatic heterocycles. The lowest BCUT2D eigenvalue weighted by Gasteiger charge is -2.04. The standard InChI is InChI=1S/C14H17N3O3S/c1-9-16-11(8-21-9)10-6-12(17(2)7-10)14(20)15-5-3-4-13(18)19/h6-8H,3-5H2,1-2H3,(H,15,20)(H,18,19). The molecule has 6 nitrogen and oxygen atoms in total. The van der Waals surface area contributed by atoms with E-state index in [2.05, 4.69) is 10.3 Å². The third-order valence-electron chi connectivity index (χ3n) is 3.01. The number of carboxylic acid groups (broad SMARTS) is 1. The van der Waals surface area contributed by atoms with Gasteiger partial charge in [-0.3, -0.25) is 9.59 Å². The second-order valence-electron chi connectivity index (χ2n) is 4.73. The molecule has 2 N–H and O–H groups in total. The second kappa shape index (κ2) is 6.53. The average Bonchev–Trinajstić information content (AvgIpc) is 3.00. The number of hydrogen-bond donors (Lipinski definition) is 2. The molecule has 0 atom stereocenters. The van der Waals surface area contributed by atoms with E-state index in [0.29, 0.717) is 18.7 Å². The summed E-state index contributed by atoms with van der Waals surface area (Å²) in [6, 6.07) is 1.79. The van der Waals surface area contributed by atoms with Crippen LogP contribution in [0.2, 0.25) is 0 Å². The minimum Gasteiger partial charge on any atom is -0.481 e. The summed E-state index contributed by atoms with van der Waals surface area (Å²) in [6.07, 6.45) is 2.33. The maximum Gasteiger partial charge on any atom is 0.303 e. The van der Waals surface area contributed by atoms with Crippen molar-refractivity contribution in [3.63, 3.8) is 0 Å². The van der Waals surface area contributed by atoms with Crippen molar-refractivity contribution in [3.05, 3.63) is 28.3 Å². The highest BCUT2D eigenvalue weighted by Crippen LogP contribution is 2.23. The van der Waals surface area contributed by atoms with E-state index in [1.807, 2.05) is 18.5 Å². The molecule has 0 aromatic carbocycles. The van der Waals surface area contributed by atoms with Crippen LogP contribution < -0.4 is 5.32 Å². The maximum absolute atomic E-state index is 12.1. The lowest BCUT2D eigenvalue weighted by molar-refractivity contribution is -0.137. The zero-order valence-corrected chi connectivity index (χ0v) is 12.7. The Morgan fingerprint density at radius 3 is 2.86 bits per heavy atom. The lowest BCUT2D eigenvalue weighted by atomic mass is 10.2. The highest BCUT2D eigenvalue weighted by molar-refractivity contribution is 7.09. The first-order valence-electron chi connectivity index (χ1n) is 6.56. The summed E-state index contributed by atoms with van der Waals surface area (Å²) in [5.74, 6) is -1.06. The Kier molecular flexibility index (Phi) is 4.74. The SMILES string of the molecule is Cc1nc(-c2cc(C(=O)NCCCC(=O)O)n(C)c2)cs1. The Labute approximate surface area is 126 Å². The van der Waals surface area contributed by atoms with Crippen LogP contribution in [0.3, 0.4) is 0 Å². The van der Waals surface area contributed by atoms with E-state index in [9.17, 15) is 9.59 Å². The van der Waals surface area contributed by atoms with Crippen molar-refractivity contribution in [1.82, 2.24) is 14.9 Å². The summed E-state index contributed by atoms with van der Waals surface area (Å²) in [7, 11) is 1.80. The number of carboxylic acids is 1. The van der Waals surface area contributed by atoms with Crippen LogP contribution in [0.5, 0.6) is 0 Å². The summed E-state index contributed by atoms with van der Waals surface area (Å²) in [5.41, 5.74) is 2.29. The molecule has 0 unspecified atom stereocenters. The number of carbonyl (C=O) groups excluding carboxylic acids is 1. The van der Waals surface area contributed by atoms with Gasteiger partial charge in [-0.1, -0.05) is 0 Å². The number of aryl methyl sites for hydroxylation is 2. The van der Waals surface area contributed by atoms with Crippen molar-refractivity contribution in [2.24, 2.45) is 7.05 Å². The molecule has 1 amide bonds. The molecule has 0 saturated heterocycles. The molecule has 0 aliphatic rings. The van der Waals surface area contributed by atoms with E-state index in [1.54, 1.807) is 29.0 Å². The molecule has 2 aromatic heterocycles. The van der Waals surface area contributed by atoms with Crippen LogP contribution in [0, 0.1) is 6.92 Å². The van der Waals surface area contributed by atoms with Crippen LogP contribution in [0.25, 0.3) is 11.3 Å². The number of carbonyl (C=O) groups is 2. The number of rotatable bonds is 6. The average molecular weight is 307 g/mol. The number of aliphatic carboxylic acids is 1. The smallest absolute Gasteiger partial charge is 0.303 e. The van der Waals surface area contributed by atoms with E-state index < -0.39 is 5.97 Å². The van der Waals surface area contributed by atoms with E-state index in [0.717, 1.165) is 16.3 Å². The topological polar surface area (TPSA) is 84.2 Å². The summed E-state index contributed by atoms with van der Waals surface area (Å²) < 4.78 is 1.75. The van der Waals surface area contributed by atoms with Crippen molar-refractivity contribution >= 4 is 23.2 Å². The fraction of sp³-hybridized carbons (Fsp3) is 0.357. The molecule has 112 valence electrons. The number of nitrogens with one attached hydrogen (secondary N) is 1. The summed E-state index contributed by atoms with van der Waals surface area (Å²) in [6.45, 7) is 2.29. The van der Waals surface area contributed by atoms with E-state index in [4.69, 9.17) is 5.11 Å². The van der Waals surface area contributed by atoms with Gasteiger partial charge in [0.05, 0.1) is 10.7 Å². The third kappa shape index (κ3) is 3.91. The minimum atomic E-state index is -0.857. The molecule has 0 saturated carbocycles. The largest absolute Gasteiger partial charge is 0.481 e. The van der Waals surface area contributed by atoms with Crippen LogP contribution >= 0.6 is 11.3 Å². The second-order valence-corrected chi connectivity index (χ2v) is 5.79. The molecule has 0 fully saturated rings. The molecule has 0 spiro atoms. The van der Waals surface area contributed by atoms with Gasteiger partial charge in [-0.25, -0.2) is 4.98 Å². The van der Waals surface area contributed by atoms with E-state index in [1.165, 1.54) is 0 Å². The molecule has 0 bridgehead atoms. The quantitative estimate of drug-likeness (QED) is 0.800. The predicted molar refractivity (Wildman–Crippen MR) is 80.5 cm³/mol. The van der Waals surface area contributed by atoms with Crippen molar-refractivity contribution in [3.8, 4) is 11.3 Å². The van der Waals surface area contributed by atoms with Crippen LogP contribution in [-0.4, -0.2) is 33.1 Å². The maximum atomic E-state index is 12.1. The van der Waals surface area contributed by atoms with Gasteiger partial charge in [-0.15, -0.1) is 11.3 Å².